The minimum Gasteiger partial charge on any atom is -0.479 e. The fourth-order valence-electron chi connectivity index (χ4n) is 1.72. The Morgan fingerprint density at radius 1 is 1.37 bits per heavy atom. The van der Waals surface area contributed by atoms with Gasteiger partial charge in [-0.25, -0.2) is 4.79 Å². The van der Waals surface area contributed by atoms with E-state index in [2.05, 4.69) is 10.6 Å². The molecule has 1 aliphatic carbocycles. The van der Waals surface area contributed by atoms with Gasteiger partial charge in [-0.2, -0.15) is 0 Å². The van der Waals surface area contributed by atoms with E-state index in [1.165, 1.54) is 0 Å². The Labute approximate surface area is 116 Å². The Morgan fingerprint density at radius 3 is 2.63 bits per heavy atom. The van der Waals surface area contributed by atoms with Crippen molar-refractivity contribution in [1.29, 1.82) is 0 Å². The van der Waals surface area contributed by atoms with Crippen LogP contribution in [0.2, 0.25) is 5.02 Å². The van der Waals surface area contributed by atoms with E-state index in [0.717, 1.165) is 12.8 Å². The molecule has 1 aromatic carbocycles. The largest absolute Gasteiger partial charge is 0.479 e. The van der Waals surface area contributed by atoms with Crippen molar-refractivity contribution in [1.82, 2.24) is 10.6 Å². The number of rotatable bonds is 6. The molecule has 0 saturated heterocycles. The Bertz CT molecular complexity index is 489. The average molecular weight is 283 g/mol. The standard InChI is InChI=1S/C13H15ClN2O3/c14-10-4-2-1-3-9(10)12(13(18)19)16-11(17)7-15-8-5-6-8/h1-4,8,12,15H,5-7H2,(H,16,17)(H,18,19)/t12-/m1/s1. The number of nitrogens with one attached hydrogen (secondary N) is 2. The zero-order valence-electron chi connectivity index (χ0n) is 10.2. The number of aliphatic carboxylic acids is 1. The van der Waals surface area contributed by atoms with E-state index in [0.29, 0.717) is 16.6 Å². The summed E-state index contributed by atoms with van der Waals surface area (Å²) in [5.41, 5.74) is 0.386. The maximum Gasteiger partial charge on any atom is 0.330 e. The van der Waals surface area contributed by atoms with Crippen LogP contribution < -0.4 is 10.6 Å². The van der Waals surface area contributed by atoms with E-state index < -0.39 is 12.0 Å². The van der Waals surface area contributed by atoms with Gasteiger partial charge in [0.1, 0.15) is 0 Å². The topological polar surface area (TPSA) is 78.4 Å². The van der Waals surface area contributed by atoms with Gasteiger partial charge in [0.15, 0.2) is 6.04 Å². The molecule has 0 heterocycles. The lowest BCUT2D eigenvalue weighted by atomic mass is 10.1. The van der Waals surface area contributed by atoms with Crippen molar-refractivity contribution in [2.24, 2.45) is 0 Å². The van der Waals surface area contributed by atoms with Gasteiger partial charge in [-0.1, -0.05) is 29.8 Å². The number of carbonyl (C=O) groups is 2. The molecule has 1 fully saturated rings. The van der Waals surface area contributed by atoms with Crippen LogP contribution >= 0.6 is 11.6 Å². The van der Waals surface area contributed by atoms with Gasteiger partial charge in [0.05, 0.1) is 6.54 Å². The minimum absolute atomic E-state index is 0.124. The third kappa shape index (κ3) is 3.94. The van der Waals surface area contributed by atoms with Gasteiger partial charge in [0.2, 0.25) is 5.91 Å². The first-order valence-electron chi connectivity index (χ1n) is 6.08. The number of hydrogen-bond donors (Lipinski definition) is 3. The molecule has 2 rings (SSSR count). The highest BCUT2D eigenvalue weighted by atomic mass is 35.5. The number of hydrogen-bond acceptors (Lipinski definition) is 3. The number of carboxylic acids is 1. The van der Waals surface area contributed by atoms with Crippen molar-refractivity contribution >= 4 is 23.5 Å². The van der Waals surface area contributed by atoms with Gasteiger partial charge < -0.3 is 15.7 Å². The van der Waals surface area contributed by atoms with Crippen molar-refractivity contribution < 1.29 is 14.7 Å². The summed E-state index contributed by atoms with van der Waals surface area (Å²) in [4.78, 5) is 22.9. The molecule has 0 unspecified atom stereocenters. The van der Waals surface area contributed by atoms with E-state index in [1.54, 1.807) is 24.3 Å². The molecule has 0 bridgehead atoms. The summed E-state index contributed by atoms with van der Waals surface area (Å²) in [6.07, 6.45) is 2.14. The van der Waals surface area contributed by atoms with Gasteiger partial charge in [-0.05, 0) is 18.9 Å². The van der Waals surface area contributed by atoms with Crippen LogP contribution in [0.1, 0.15) is 24.4 Å². The molecule has 0 aliphatic heterocycles. The van der Waals surface area contributed by atoms with E-state index in [1.807, 2.05) is 0 Å². The molecule has 1 atom stereocenters. The molecule has 1 aromatic rings. The first-order chi connectivity index (χ1) is 9.08. The monoisotopic (exact) mass is 282 g/mol. The Morgan fingerprint density at radius 2 is 2.05 bits per heavy atom. The predicted molar refractivity (Wildman–Crippen MR) is 71.0 cm³/mol. The summed E-state index contributed by atoms with van der Waals surface area (Å²) in [5.74, 6) is -1.48. The van der Waals surface area contributed by atoms with E-state index in [-0.39, 0.29) is 12.5 Å². The molecular formula is C13H15ClN2O3. The second kappa shape index (κ2) is 6.04. The van der Waals surface area contributed by atoms with E-state index in [9.17, 15) is 14.7 Å². The number of carboxylic acid groups (broad SMARTS) is 1. The van der Waals surface area contributed by atoms with E-state index >= 15 is 0 Å². The van der Waals surface area contributed by atoms with Crippen molar-refractivity contribution in [2.75, 3.05) is 6.54 Å². The van der Waals surface area contributed by atoms with Crippen LogP contribution in [0.25, 0.3) is 0 Å². The number of benzene rings is 1. The molecule has 1 aliphatic rings. The molecular weight excluding hydrogens is 268 g/mol. The first kappa shape index (κ1) is 13.8. The third-order valence-corrected chi connectivity index (χ3v) is 3.24. The lowest BCUT2D eigenvalue weighted by molar-refractivity contribution is -0.141. The van der Waals surface area contributed by atoms with Gasteiger partial charge in [0.25, 0.3) is 0 Å². The quantitative estimate of drug-likeness (QED) is 0.736. The highest BCUT2D eigenvalue weighted by molar-refractivity contribution is 6.31. The minimum atomic E-state index is -1.13. The fraction of sp³-hybridized carbons (Fsp3) is 0.385. The summed E-state index contributed by atoms with van der Waals surface area (Å²) in [7, 11) is 0. The molecule has 1 amide bonds. The van der Waals surface area contributed by atoms with Crippen LogP contribution in [0, 0.1) is 0 Å². The Kier molecular flexibility index (Phi) is 4.39. The maximum absolute atomic E-state index is 11.7. The van der Waals surface area contributed by atoms with E-state index in [4.69, 9.17) is 11.6 Å². The second-order valence-corrected chi connectivity index (χ2v) is 4.92. The second-order valence-electron chi connectivity index (χ2n) is 4.52. The van der Waals surface area contributed by atoms with Crippen molar-refractivity contribution in [2.45, 2.75) is 24.9 Å². The predicted octanol–water partition coefficient (Wildman–Crippen LogP) is 1.33. The summed E-state index contributed by atoms with van der Waals surface area (Å²) < 4.78 is 0. The van der Waals surface area contributed by atoms with Gasteiger partial charge in [-0.15, -0.1) is 0 Å². The molecule has 6 heteroatoms. The SMILES string of the molecule is O=C(CNC1CC1)N[C@@H](C(=O)O)c1ccccc1Cl. The molecule has 0 spiro atoms. The first-order valence-corrected chi connectivity index (χ1v) is 6.45. The van der Waals surface area contributed by atoms with Crippen LogP contribution in [0.5, 0.6) is 0 Å². The molecule has 102 valence electrons. The summed E-state index contributed by atoms with van der Waals surface area (Å²) >= 11 is 5.95. The summed E-state index contributed by atoms with van der Waals surface area (Å²) in [5, 5.41) is 15.0. The van der Waals surface area contributed by atoms with Crippen LogP contribution in [-0.2, 0) is 9.59 Å². The maximum atomic E-state index is 11.7. The van der Waals surface area contributed by atoms with Crippen molar-refractivity contribution in [3.8, 4) is 0 Å². The molecule has 0 aromatic heterocycles. The molecule has 0 radical (unpaired) electrons. The highest BCUT2D eigenvalue weighted by Crippen LogP contribution is 2.23. The normalized spacial score (nSPS) is 15.8. The number of amides is 1. The zero-order chi connectivity index (χ0) is 13.8. The number of halogens is 1. The molecule has 5 nitrogen and oxygen atoms in total. The van der Waals surface area contributed by atoms with Crippen molar-refractivity contribution in [3.63, 3.8) is 0 Å². The Balaban J connectivity index is 2.01. The van der Waals surface area contributed by atoms with Crippen LogP contribution in [0.4, 0.5) is 0 Å². The van der Waals surface area contributed by atoms with Gasteiger partial charge in [0, 0.05) is 16.6 Å². The van der Waals surface area contributed by atoms with Gasteiger partial charge in [-0.3, -0.25) is 4.79 Å². The summed E-state index contributed by atoms with van der Waals surface area (Å²) in [6, 6.07) is 5.86. The molecule has 3 N–H and O–H groups in total. The smallest absolute Gasteiger partial charge is 0.330 e. The molecule has 19 heavy (non-hydrogen) atoms. The molecule has 1 saturated carbocycles. The van der Waals surface area contributed by atoms with Crippen molar-refractivity contribution in [3.05, 3.63) is 34.9 Å². The third-order valence-electron chi connectivity index (χ3n) is 2.90. The van der Waals surface area contributed by atoms with Crippen LogP contribution in [0.3, 0.4) is 0 Å². The van der Waals surface area contributed by atoms with Crippen LogP contribution in [0.15, 0.2) is 24.3 Å². The zero-order valence-corrected chi connectivity index (χ0v) is 11.0. The summed E-state index contributed by atoms with van der Waals surface area (Å²) in [6.45, 7) is 0.124. The van der Waals surface area contributed by atoms with Gasteiger partial charge >= 0.3 is 5.97 Å². The number of carbonyl (C=O) groups excluding carboxylic acids is 1. The van der Waals surface area contributed by atoms with Crippen LogP contribution in [-0.4, -0.2) is 29.6 Å². The fourth-order valence-corrected chi connectivity index (χ4v) is 1.96. The lowest BCUT2D eigenvalue weighted by Crippen LogP contribution is -2.40. The lowest BCUT2D eigenvalue weighted by Gasteiger charge is -2.16. The highest BCUT2D eigenvalue weighted by Gasteiger charge is 2.25. The Hall–Kier alpha value is -1.59. The average Bonchev–Trinajstić information content (AvgIpc) is 3.18.